The van der Waals surface area contributed by atoms with Gasteiger partial charge in [-0.25, -0.2) is 0 Å². The minimum Gasteiger partial charge on any atom is -0.368 e. The van der Waals surface area contributed by atoms with Crippen LogP contribution in [0.15, 0.2) is 143 Å². The number of benzene rings is 5. The summed E-state index contributed by atoms with van der Waals surface area (Å²) in [5.41, 5.74) is 15.0. The molecule has 2 aliphatic heterocycles. The molecule has 7 aromatic rings. The first-order chi connectivity index (χ1) is 34.4. The largest absolute Gasteiger partial charge is 0.416 e. The van der Waals surface area contributed by atoms with Crippen LogP contribution in [-0.2, 0) is 12.4 Å². The second-order valence-corrected chi connectivity index (χ2v) is 22.8. The van der Waals surface area contributed by atoms with E-state index in [2.05, 4.69) is 121 Å². The highest BCUT2D eigenvalue weighted by Crippen LogP contribution is 2.42. The van der Waals surface area contributed by atoms with Crippen molar-refractivity contribution < 1.29 is 26.3 Å². The number of thiophene rings is 2. The van der Waals surface area contributed by atoms with E-state index < -0.39 is 31.4 Å². The summed E-state index contributed by atoms with van der Waals surface area (Å²) in [7, 11) is -0.446. The SMILES string of the molecule is NC[C@@H]1CC1CN1CCN(c2csc3cc(C(F)(F)F)ccc23)CC1.[N-]=[N+]=NC[C@@H]1CC1CN1CCN(c2csc3cc(C(F)(F)F)ccc23)CC1.c1ccc(P(c2ccccc2)c2ccccc2)cc1. The molecule has 8 nitrogen and oxygen atoms in total. The van der Waals surface area contributed by atoms with Crippen molar-refractivity contribution in [2.75, 3.05) is 88.3 Å². The van der Waals surface area contributed by atoms with Crippen LogP contribution in [-0.4, -0.2) is 88.3 Å². The molecule has 2 unspecified atom stereocenters. The Labute approximate surface area is 420 Å². The van der Waals surface area contributed by atoms with Gasteiger partial charge in [-0.3, -0.25) is 9.80 Å². The van der Waals surface area contributed by atoms with Gasteiger partial charge in [0.15, 0.2) is 0 Å². The normalized spacial score (nSPS) is 20.5. The van der Waals surface area contributed by atoms with Gasteiger partial charge >= 0.3 is 12.4 Å². The van der Waals surface area contributed by atoms with Crippen LogP contribution in [0.3, 0.4) is 0 Å². The average Bonchev–Trinajstić information content (AvgIpc) is 4.22. The molecule has 0 amide bonds. The Balaban J connectivity index is 0.000000134. The number of nitrogens with zero attached hydrogens (tertiary/aromatic N) is 7. The fourth-order valence-electron chi connectivity index (χ4n) is 9.78. The van der Waals surface area contributed by atoms with Crippen LogP contribution in [0.5, 0.6) is 0 Å². The summed E-state index contributed by atoms with van der Waals surface area (Å²) in [5.74, 6) is 2.63. The molecule has 2 aliphatic carbocycles. The summed E-state index contributed by atoms with van der Waals surface area (Å²) in [5, 5.41) is 13.6. The summed E-state index contributed by atoms with van der Waals surface area (Å²) in [6, 6.07) is 40.4. The predicted molar refractivity (Wildman–Crippen MR) is 282 cm³/mol. The molecule has 4 fully saturated rings. The van der Waals surface area contributed by atoms with Gasteiger partial charge in [-0.15, -0.1) is 22.7 Å². The Morgan fingerprint density at radius 3 is 1.31 bits per heavy atom. The summed E-state index contributed by atoms with van der Waals surface area (Å²) in [4.78, 5) is 12.3. The first-order valence-corrected chi connectivity index (χ1v) is 27.2. The Hall–Kier alpha value is -5.18. The van der Waals surface area contributed by atoms with Crippen LogP contribution >= 0.6 is 30.6 Å². The van der Waals surface area contributed by atoms with E-state index in [4.69, 9.17) is 11.3 Å². The molecule has 4 atom stereocenters. The van der Waals surface area contributed by atoms with Crippen LogP contribution in [0.4, 0.5) is 37.7 Å². The Morgan fingerprint density at radius 1 is 0.549 bits per heavy atom. The van der Waals surface area contributed by atoms with E-state index in [-0.39, 0.29) is 0 Å². The third kappa shape index (κ3) is 12.9. The van der Waals surface area contributed by atoms with E-state index in [1.807, 2.05) is 10.8 Å². The highest BCUT2D eigenvalue weighted by atomic mass is 32.1. The van der Waals surface area contributed by atoms with Crippen molar-refractivity contribution >= 4 is 78.1 Å². The molecule has 2 aromatic heterocycles. The van der Waals surface area contributed by atoms with Gasteiger partial charge < -0.3 is 15.5 Å². The number of piperazine rings is 2. The van der Waals surface area contributed by atoms with E-state index in [9.17, 15) is 26.3 Å². The Morgan fingerprint density at radius 2 is 0.944 bits per heavy atom. The zero-order valence-corrected chi connectivity index (χ0v) is 41.8. The van der Waals surface area contributed by atoms with Crippen molar-refractivity contribution in [1.29, 1.82) is 0 Å². The third-order valence-electron chi connectivity index (χ3n) is 14.0. The molecule has 0 radical (unpaired) electrons. The van der Waals surface area contributed by atoms with Crippen LogP contribution in [0.25, 0.3) is 30.6 Å². The first-order valence-electron chi connectivity index (χ1n) is 24.1. The lowest BCUT2D eigenvalue weighted by Gasteiger charge is -2.36. The van der Waals surface area contributed by atoms with E-state index in [0.717, 1.165) is 106 Å². The molecule has 4 heterocycles. The maximum atomic E-state index is 12.9. The summed E-state index contributed by atoms with van der Waals surface area (Å²) >= 11 is 2.77. The van der Waals surface area contributed by atoms with Crippen molar-refractivity contribution in [2.24, 2.45) is 34.5 Å². The summed E-state index contributed by atoms with van der Waals surface area (Å²) < 4.78 is 78.6. The third-order valence-corrected chi connectivity index (χ3v) is 18.3. The lowest BCUT2D eigenvalue weighted by Crippen LogP contribution is -2.47. The molecule has 2 saturated heterocycles. The number of hydrogen-bond donors (Lipinski definition) is 1. The lowest BCUT2D eigenvalue weighted by atomic mass is 10.1. The molecule has 372 valence electrons. The van der Waals surface area contributed by atoms with Gasteiger partial charge in [-0.1, -0.05) is 108 Å². The lowest BCUT2D eigenvalue weighted by molar-refractivity contribution is -0.138. The molecule has 2 N–H and O–H groups in total. The molecule has 0 spiro atoms. The summed E-state index contributed by atoms with van der Waals surface area (Å²) in [6.07, 6.45) is -6.19. The van der Waals surface area contributed by atoms with Gasteiger partial charge in [0.25, 0.3) is 0 Å². The van der Waals surface area contributed by atoms with Crippen molar-refractivity contribution in [3.63, 3.8) is 0 Å². The monoisotopic (exact) mass is 1030 g/mol. The molecular weight excluding hydrogens is 970 g/mol. The Bertz CT molecular complexity index is 2770. The van der Waals surface area contributed by atoms with Crippen LogP contribution < -0.4 is 31.4 Å². The van der Waals surface area contributed by atoms with Gasteiger partial charge in [0.2, 0.25) is 0 Å². The topological polar surface area (TPSA) is 87.7 Å². The molecule has 11 rings (SSSR count). The van der Waals surface area contributed by atoms with Crippen molar-refractivity contribution in [2.45, 2.75) is 25.2 Å². The fraction of sp³-hybridized carbons (Fsp3) is 0.370. The van der Waals surface area contributed by atoms with Gasteiger partial charge in [-0.05, 0) is 96.7 Å². The molecule has 4 aliphatic rings. The number of fused-ring (bicyclic) bond motifs is 2. The van der Waals surface area contributed by atoms with E-state index >= 15 is 0 Å². The van der Waals surface area contributed by atoms with Gasteiger partial charge in [0.1, 0.15) is 0 Å². The smallest absolute Gasteiger partial charge is 0.368 e. The molecule has 5 aromatic carbocycles. The first kappa shape index (κ1) is 50.7. The maximum absolute atomic E-state index is 12.9. The second-order valence-electron chi connectivity index (χ2n) is 18.7. The van der Waals surface area contributed by atoms with E-state index in [1.54, 1.807) is 12.1 Å². The molecule has 71 heavy (non-hydrogen) atoms. The molecule has 2 saturated carbocycles. The number of hydrogen-bond acceptors (Lipinski definition) is 8. The van der Waals surface area contributed by atoms with Gasteiger partial charge in [-0.2, -0.15) is 26.3 Å². The van der Waals surface area contributed by atoms with Crippen LogP contribution in [0.1, 0.15) is 24.0 Å². The van der Waals surface area contributed by atoms with Crippen molar-refractivity contribution in [1.82, 2.24) is 9.80 Å². The van der Waals surface area contributed by atoms with Crippen molar-refractivity contribution in [3.8, 4) is 0 Å². The average molecular weight is 1030 g/mol. The second kappa shape index (κ2) is 22.7. The standard InChI is InChI=1S/C18H20F3N5S.C18H22F3N3S.C18H15P/c19-18(20,21)14-1-2-15-16(11-27-17(15)8-14)26-5-3-25(4-6-26)10-13-7-12(13)9-23-24-22;19-18(20,21)14-1-2-15-16(11-25-17(15)8-14)24-5-3-23(4-6-24)10-13-7-12(13)9-22;1-4-10-16(11-5-1)19(17-12-6-2-7-13-17)18-14-8-3-9-15-18/h1-2,8,11-13H,3-7,9-10H2;1-2,8,11-13H,3-7,9-10,22H2;1-15H/t2*12-,13?;/m00./s1. The van der Waals surface area contributed by atoms with Crippen molar-refractivity contribution in [3.05, 3.63) is 160 Å². The number of halogens is 6. The van der Waals surface area contributed by atoms with Crippen LogP contribution in [0, 0.1) is 23.7 Å². The minimum absolute atomic E-state index is 0.446. The maximum Gasteiger partial charge on any atom is 0.416 e. The molecule has 17 heteroatoms. The quantitative estimate of drug-likeness (QED) is 0.0433. The zero-order valence-electron chi connectivity index (χ0n) is 39.2. The summed E-state index contributed by atoms with van der Waals surface area (Å²) in [6.45, 7) is 11.1. The molecule has 0 bridgehead atoms. The zero-order chi connectivity index (χ0) is 49.5. The van der Waals surface area contributed by atoms with Crippen LogP contribution in [0.2, 0.25) is 0 Å². The van der Waals surface area contributed by atoms with Gasteiger partial charge in [0, 0.05) is 108 Å². The highest BCUT2D eigenvalue weighted by molar-refractivity contribution is 7.79. The highest BCUT2D eigenvalue weighted by Gasteiger charge is 2.39. The van der Waals surface area contributed by atoms with E-state index in [0.29, 0.717) is 33.7 Å². The Kier molecular flexibility index (Phi) is 16.2. The molecular formula is C54H57F6N8PS2. The number of anilines is 2. The minimum atomic E-state index is -4.30. The fourth-order valence-corrected chi connectivity index (χ4v) is 14.1. The predicted octanol–water partition coefficient (Wildman–Crippen LogP) is 12.1. The number of azide groups is 1. The number of nitrogens with two attached hydrogens (primary N) is 1. The number of alkyl halides is 6. The number of rotatable bonds is 12. The van der Waals surface area contributed by atoms with E-state index in [1.165, 1.54) is 69.3 Å². The van der Waals surface area contributed by atoms with Gasteiger partial charge in [0.05, 0.1) is 22.5 Å².